The summed E-state index contributed by atoms with van der Waals surface area (Å²) in [7, 11) is 0. The van der Waals surface area contributed by atoms with Gasteiger partial charge in [-0.3, -0.25) is 0 Å². The maximum Gasteiger partial charge on any atom is 0.381 e. The second kappa shape index (κ2) is 7.40. The lowest BCUT2D eigenvalue weighted by Gasteiger charge is -2.19. The lowest BCUT2D eigenvalue weighted by molar-refractivity contribution is -0.173. The molecule has 0 heterocycles. The van der Waals surface area contributed by atoms with Crippen molar-refractivity contribution in [3.8, 4) is 0 Å². The molecule has 0 N–H and O–H groups in total. The summed E-state index contributed by atoms with van der Waals surface area (Å²) in [6.45, 7) is 8.23. The first-order chi connectivity index (χ1) is 10.5. The number of carbonyl (C=O) groups is 1. The van der Waals surface area contributed by atoms with Crippen LogP contribution < -0.4 is 0 Å². The second-order valence-corrected chi connectivity index (χ2v) is 7.82. The molecule has 1 unspecified atom stereocenters. The lowest BCUT2D eigenvalue weighted by atomic mass is 10.0. The van der Waals surface area contributed by atoms with Gasteiger partial charge in [-0.2, -0.15) is 8.78 Å². The third-order valence-electron chi connectivity index (χ3n) is 2.92. The smallest absolute Gasteiger partial charge is 0.381 e. The number of nitrogens with zero attached hydrogens (tertiary/aromatic N) is 1. The summed E-state index contributed by atoms with van der Waals surface area (Å²) in [5.74, 6) is -5.33. The monoisotopic (exact) mass is 345 g/mol. The third kappa shape index (κ3) is 5.00. The Hall–Kier alpha value is -1.47. The Balaban J connectivity index is 3.14. The van der Waals surface area contributed by atoms with Crippen LogP contribution in [0.25, 0.3) is 0 Å². The molecule has 0 amide bonds. The van der Waals surface area contributed by atoms with Crippen molar-refractivity contribution in [3.63, 3.8) is 0 Å². The first-order valence-corrected chi connectivity index (χ1v) is 8.24. The van der Waals surface area contributed by atoms with E-state index < -0.39 is 33.6 Å². The molecular weight excluding hydrogens is 324 g/mol. The fourth-order valence-corrected chi connectivity index (χ4v) is 2.22. The molecule has 4 nitrogen and oxygen atoms in total. The molecule has 128 valence electrons. The predicted octanol–water partition coefficient (Wildman–Crippen LogP) is 3.61. The zero-order chi connectivity index (χ0) is 17.8. The lowest BCUT2D eigenvalue weighted by Crippen LogP contribution is -2.28. The van der Waals surface area contributed by atoms with Crippen molar-refractivity contribution < 1.29 is 22.9 Å². The van der Waals surface area contributed by atoms with Gasteiger partial charge in [0.2, 0.25) is 0 Å². The van der Waals surface area contributed by atoms with Crippen LogP contribution in [0.15, 0.2) is 28.7 Å². The van der Waals surface area contributed by atoms with Gasteiger partial charge in [-0.1, -0.05) is 22.6 Å². The molecule has 0 radical (unpaired) electrons. The third-order valence-corrected chi connectivity index (χ3v) is 4.41. The van der Waals surface area contributed by atoms with Crippen molar-refractivity contribution in [2.24, 2.45) is 4.40 Å². The standard InChI is InChI=1S/C16H21F2NO3S/c1-6-22-14(20)16(17,18)13-9-7-8-12(10-13)11(2)19-23(21)15(3,4)5/h7-10H,6H2,1-5H3/b19-11-. The maximum absolute atomic E-state index is 14.1. The van der Waals surface area contributed by atoms with Crippen LogP contribution >= 0.6 is 0 Å². The molecule has 7 heteroatoms. The molecule has 0 aliphatic heterocycles. The van der Waals surface area contributed by atoms with Crippen LogP contribution in [0.3, 0.4) is 0 Å². The Labute approximate surface area is 138 Å². The molecule has 1 aromatic rings. The summed E-state index contributed by atoms with van der Waals surface area (Å²) in [6.07, 6.45) is 0. The molecule has 0 fully saturated rings. The zero-order valence-corrected chi connectivity index (χ0v) is 14.7. The number of rotatable bonds is 5. The highest BCUT2D eigenvalue weighted by Gasteiger charge is 2.42. The number of hydrogen-bond donors (Lipinski definition) is 0. The number of esters is 1. The first kappa shape index (κ1) is 19.6. The molecule has 1 rings (SSSR count). The highest BCUT2D eigenvalue weighted by molar-refractivity contribution is 7.91. The van der Waals surface area contributed by atoms with Gasteiger partial charge in [0.15, 0.2) is 0 Å². The van der Waals surface area contributed by atoms with E-state index in [0.717, 1.165) is 12.1 Å². The van der Waals surface area contributed by atoms with E-state index in [-0.39, 0.29) is 6.61 Å². The van der Waals surface area contributed by atoms with Crippen molar-refractivity contribution in [3.05, 3.63) is 35.4 Å². The summed E-state index contributed by atoms with van der Waals surface area (Å²) in [5, 5.41) is 0. The largest absolute Gasteiger partial charge is 0.591 e. The fraction of sp³-hybridized carbons (Fsp3) is 0.500. The summed E-state index contributed by atoms with van der Waals surface area (Å²) >= 11 is -1.50. The Kier molecular flexibility index (Phi) is 6.30. The van der Waals surface area contributed by atoms with Crippen LogP contribution in [0.1, 0.15) is 45.7 Å². The predicted molar refractivity (Wildman–Crippen MR) is 87.1 cm³/mol. The van der Waals surface area contributed by atoms with E-state index >= 15 is 0 Å². The molecule has 23 heavy (non-hydrogen) atoms. The Morgan fingerprint density at radius 3 is 2.48 bits per heavy atom. The summed E-state index contributed by atoms with van der Waals surface area (Å²) in [6, 6.07) is 5.28. The average Bonchev–Trinajstić information content (AvgIpc) is 2.46. The molecule has 0 aliphatic carbocycles. The van der Waals surface area contributed by atoms with Crippen molar-refractivity contribution >= 4 is 23.0 Å². The van der Waals surface area contributed by atoms with Gasteiger partial charge >= 0.3 is 11.9 Å². The van der Waals surface area contributed by atoms with Crippen molar-refractivity contribution in [1.82, 2.24) is 0 Å². The SMILES string of the molecule is CCOC(=O)C(F)(F)c1cccc(/C(C)=N\[S+]([O-])C(C)(C)C)c1. The summed E-state index contributed by atoms with van der Waals surface area (Å²) < 4.78 is 48.0. The maximum atomic E-state index is 14.1. The Bertz CT molecular complexity index is 597. The number of ether oxygens (including phenoxy) is 1. The minimum Gasteiger partial charge on any atom is -0.591 e. The molecule has 1 aromatic carbocycles. The Morgan fingerprint density at radius 2 is 1.96 bits per heavy atom. The minimum atomic E-state index is -3.74. The normalized spacial score (nSPS) is 14.5. The second-order valence-electron chi connectivity index (χ2n) is 5.91. The average molecular weight is 345 g/mol. The first-order valence-electron chi connectivity index (χ1n) is 7.13. The highest BCUT2D eigenvalue weighted by atomic mass is 32.2. The molecule has 1 atom stereocenters. The Morgan fingerprint density at radius 1 is 1.35 bits per heavy atom. The van der Waals surface area contributed by atoms with E-state index in [1.54, 1.807) is 33.8 Å². The zero-order valence-electron chi connectivity index (χ0n) is 13.9. The van der Waals surface area contributed by atoms with Crippen LogP contribution in [0.2, 0.25) is 0 Å². The molecule has 0 saturated carbocycles. The molecule has 0 spiro atoms. The topological polar surface area (TPSA) is 61.7 Å². The molecule has 0 aliphatic rings. The van der Waals surface area contributed by atoms with Crippen molar-refractivity contribution in [1.29, 1.82) is 0 Å². The number of hydrogen-bond acceptors (Lipinski definition) is 4. The van der Waals surface area contributed by atoms with Gasteiger partial charge < -0.3 is 9.29 Å². The van der Waals surface area contributed by atoms with E-state index in [9.17, 15) is 18.1 Å². The van der Waals surface area contributed by atoms with Crippen LogP contribution in [0, 0.1) is 0 Å². The van der Waals surface area contributed by atoms with Gasteiger partial charge in [-0.05, 0) is 40.7 Å². The molecule has 0 bridgehead atoms. The molecular formula is C16H21F2NO3S. The number of carbonyl (C=O) groups excluding carboxylic acids is 1. The minimum absolute atomic E-state index is 0.126. The van der Waals surface area contributed by atoms with Gasteiger partial charge in [0.25, 0.3) is 0 Å². The fourth-order valence-electron chi connectivity index (χ4n) is 1.59. The number of benzene rings is 1. The van der Waals surface area contributed by atoms with Crippen molar-refractivity contribution in [2.45, 2.75) is 45.3 Å². The van der Waals surface area contributed by atoms with Crippen LogP contribution in [-0.2, 0) is 26.8 Å². The van der Waals surface area contributed by atoms with Crippen LogP contribution in [0.5, 0.6) is 0 Å². The highest BCUT2D eigenvalue weighted by Crippen LogP contribution is 2.30. The molecule has 0 aromatic heterocycles. The van der Waals surface area contributed by atoms with Gasteiger partial charge in [-0.15, -0.1) is 0 Å². The van der Waals surface area contributed by atoms with Gasteiger partial charge in [0.05, 0.1) is 12.3 Å². The van der Waals surface area contributed by atoms with E-state index in [1.165, 1.54) is 13.0 Å². The van der Waals surface area contributed by atoms with E-state index in [4.69, 9.17) is 0 Å². The van der Waals surface area contributed by atoms with Gasteiger partial charge in [0.1, 0.15) is 16.1 Å². The van der Waals surface area contributed by atoms with Crippen molar-refractivity contribution in [2.75, 3.05) is 6.61 Å². The van der Waals surface area contributed by atoms with E-state index in [1.807, 2.05) is 0 Å². The van der Waals surface area contributed by atoms with Gasteiger partial charge in [-0.25, -0.2) is 4.79 Å². The van der Waals surface area contributed by atoms with Crippen LogP contribution in [-0.4, -0.2) is 27.6 Å². The van der Waals surface area contributed by atoms with Crippen LogP contribution in [0.4, 0.5) is 8.78 Å². The molecule has 0 saturated heterocycles. The number of halogens is 2. The summed E-state index contributed by atoms with van der Waals surface area (Å²) in [4.78, 5) is 11.4. The van der Waals surface area contributed by atoms with E-state index in [0.29, 0.717) is 11.3 Å². The number of alkyl halides is 2. The summed E-state index contributed by atoms with van der Waals surface area (Å²) in [5.41, 5.74) is 0.258. The van der Waals surface area contributed by atoms with Gasteiger partial charge in [0, 0.05) is 11.1 Å². The quantitative estimate of drug-likeness (QED) is 0.465. The van der Waals surface area contributed by atoms with E-state index in [2.05, 4.69) is 9.13 Å².